The van der Waals surface area contributed by atoms with Crippen molar-refractivity contribution in [1.82, 2.24) is 4.90 Å². The SMILES string of the molecule is O=C(Cl)CCOCCOCCOCCN1C(=O)C2=C(CCC=C2)C1=O. The van der Waals surface area contributed by atoms with Crippen molar-refractivity contribution in [2.24, 2.45) is 0 Å². The van der Waals surface area contributed by atoms with E-state index in [-0.39, 0.29) is 38.0 Å². The van der Waals surface area contributed by atoms with Gasteiger partial charge in [0.2, 0.25) is 5.24 Å². The van der Waals surface area contributed by atoms with E-state index in [0.717, 1.165) is 6.42 Å². The minimum atomic E-state index is -0.420. The molecule has 0 saturated heterocycles. The third-order valence-corrected chi connectivity index (χ3v) is 3.98. The zero-order chi connectivity index (χ0) is 18.1. The van der Waals surface area contributed by atoms with E-state index in [0.29, 0.717) is 44.0 Å². The van der Waals surface area contributed by atoms with Gasteiger partial charge in [0, 0.05) is 17.6 Å². The van der Waals surface area contributed by atoms with Crippen molar-refractivity contribution >= 4 is 28.7 Å². The van der Waals surface area contributed by atoms with Gasteiger partial charge in [0.25, 0.3) is 11.8 Å². The van der Waals surface area contributed by atoms with Crippen LogP contribution in [0.3, 0.4) is 0 Å². The molecule has 0 radical (unpaired) electrons. The number of nitrogens with zero attached hydrogens (tertiary/aromatic N) is 1. The molecular weight excluding hydrogens is 350 g/mol. The number of amides is 2. The summed E-state index contributed by atoms with van der Waals surface area (Å²) in [5.74, 6) is -0.430. The largest absolute Gasteiger partial charge is 0.379 e. The van der Waals surface area contributed by atoms with E-state index in [9.17, 15) is 14.4 Å². The maximum atomic E-state index is 12.2. The van der Waals surface area contributed by atoms with E-state index in [4.69, 9.17) is 25.8 Å². The molecule has 1 aliphatic heterocycles. The number of carbonyl (C=O) groups is 3. The molecule has 1 heterocycles. The lowest BCUT2D eigenvalue weighted by Gasteiger charge is -2.14. The zero-order valence-corrected chi connectivity index (χ0v) is 14.8. The maximum absolute atomic E-state index is 12.2. The molecular formula is C17H22ClNO6. The lowest BCUT2D eigenvalue weighted by Crippen LogP contribution is -2.34. The number of ether oxygens (including phenoxy) is 3. The van der Waals surface area contributed by atoms with E-state index in [1.54, 1.807) is 6.08 Å². The first-order valence-electron chi connectivity index (χ1n) is 8.28. The van der Waals surface area contributed by atoms with E-state index in [2.05, 4.69) is 0 Å². The Morgan fingerprint density at radius 1 is 1.00 bits per heavy atom. The second kappa shape index (κ2) is 10.5. The first kappa shape index (κ1) is 19.8. The summed E-state index contributed by atoms with van der Waals surface area (Å²) in [4.78, 5) is 36.0. The molecule has 0 unspecified atom stereocenters. The highest BCUT2D eigenvalue weighted by Crippen LogP contribution is 2.28. The number of allylic oxidation sites excluding steroid dienone is 1. The van der Waals surface area contributed by atoms with Crippen LogP contribution in [0.1, 0.15) is 19.3 Å². The number of carbonyl (C=O) groups excluding carboxylic acids is 3. The molecule has 8 heteroatoms. The fourth-order valence-electron chi connectivity index (χ4n) is 2.54. The molecule has 138 valence electrons. The predicted octanol–water partition coefficient (Wildman–Crippen LogP) is 1.21. The normalized spacial score (nSPS) is 16.8. The quantitative estimate of drug-likeness (QED) is 0.291. The summed E-state index contributed by atoms with van der Waals surface area (Å²) < 4.78 is 15.8. The predicted molar refractivity (Wildman–Crippen MR) is 90.1 cm³/mol. The first-order valence-corrected chi connectivity index (χ1v) is 8.66. The molecule has 2 aliphatic rings. The average molecular weight is 372 g/mol. The molecule has 0 N–H and O–H groups in total. The van der Waals surface area contributed by atoms with Crippen LogP contribution >= 0.6 is 11.6 Å². The standard InChI is InChI=1S/C17H22ClNO6/c18-15(20)5-7-23-9-11-25-12-10-24-8-6-19-16(21)13-3-1-2-4-14(13)17(19)22/h1,3H,2,4-12H2. The zero-order valence-electron chi connectivity index (χ0n) is 14.0. The Balaban J connectivity index is 1.49. The van der Waals surface area contributed by atoms with Crippen LogP contribution in [0.15, 0.2) is 23.3 Å². The van der Waals surface area contributed by atoms with Crippen LogP contribution in [-0.2, 0) is 28.6 Å². The number of halogens is 1. The third kappa shape index (κ3) is 6.04. The summed E-state index contributed by atoms with van der Waals surface area (Å²) in [7, 11) is 0. The van der Waals surface area contributed by atoms with Crippen molar-refractivity contribution in [1.29, 1.82) is 0 Å². The van der Waals surface area contributed by atoms with Gasteiger partial charge >= 0.3 is 0 Å². The second-order valence-electron chi connectivity index (χ2n) is 5.54. The van der Waals surface area contributed by atoms with Crippen LogP contribution in [0.25, 0.3) is 0 Å². The molecule has 0 aromatic heterocycles. The molecule has 0 atom stereocenters. The van der Waals surface area contributed by atoms with E-state index in [1.165, 1.54) is 4.90 Å². The molecule has 25 heavy (non-hydrogen) atoms. The van der Waals surface area contributed by atoms with Crippen molar-refractivity contribution in [2.75, 3.05) is 46.2 Å². The molecule has 2 rings (SSSR count). The first-order chi connectivity index (χ1) is 12.1. The van der Waals surface area contributed by atoms with Gasteiger partial charge in [0.15, 0.2) is 0 Å². The number of imide groups is 1. The molecule has 0 spiro atoms. The Hall–Kier alpha value is -1.54. The van der Waals surface area contributed by atoms with Crippen LogP contribution in [-0.4, -0.2) is 68.1 Å². The van der Waals surface area contributed by atoms with Crippen molar-refractivity contribution in [3.05, 3.63) is 23.3 Å². The molecule has 0 saturated carbocycles. The summed E-state index contributed by atoms with van der Waals surface area (Å²) in [5, 5.41) is -0.420. The van der Waals surface area contributed by atoms with Crippen molar-refractivity contribution in [3.8, 4) is 0 Å². The van der Waals surface area contributed by atoms with Gasteiger partial charge in [-0.2, -0.15) is 0 Å². The Morgan fingerprint density at radius 3 is 2.28 bits per heavy atom. The third-order valence-electron chi connectivity index (χ3n) is 3.80. The highest BCUT2D eigenvalue weighted by Gasteiger charge is 2.36. The van der Waals surface area contributed by atoms with Crippen molar-refractivity contribution in [3.63, 3.8) is 0 Å². The molecule has 7 nitrogen and oxygen atoms in total. The minimum Gasteiger partial charge on any atom is -0.379 e. The summed E-state index contributed by atoms with van der Waals surface area (Å²) >= 11 is 5.17. The van der Waals surface area contributed by atoms with Gasteiger partial charge in [-0.1, -0.05) is 12.2 Å². The molecule has 2 amide bonds. The van der Waals surface area contributed by atoms with E-state index >= 15 is 0 Å². The summed E-state index contributed by atoms with van der Waals surface area (Å²) in [6.45, 7) is 2.33. The van der Waals surface area contributed by atoms with Gasteiger partial charge in [-0.3, -0.25) is 19.3 Å². The van der Waals surface area contributed by atoms with Crippen LogP contribution in [0, 0.1) is 0 Å². The Labute approximate surface area is 151 Å². The Bertz CT molecular complexity index is 571. The van der Waals surface area contributed by atoms with Crippen LogP contribution in [0.2, 0.25) is 0 Å². The van der Waals surface area contributed by atoms with Crippen molar-refractivity contribution < 1.29 is 28.6 Å². The topological polar surface area (TPSA) is 82.1 Å². The molecule has 0 fully saturated rings. The molecule has 0 aromatic carbocycles. The lowest BCUT2D eigenvalue weighted by atomic mass is 10.00. The maximum Gasteiger partial charge on any atom is 0.261 e. The van der Waals surface area contributed by atoms with Crippen LogP contribution in [0.5, 0.6) is 0 Å². The second-order valence-corrected chi connectivity index (χ2v) is 5.96. The number of hydrogen-bond acceptors (Lipinski definition) is 6. The fourth-order valence-corrected chi connectivity index (χ4v) is 2.62. The lowest BCUT2D eigenvalue weighted by molar-refractivity contribution is -0.138. The van der Waals surface area contributed by atoms with Crippen LogP contribution < -0.4 is 0 Å². The summed E-state index contributed by atoms with van der Waals surface area (Å²) in [6, 6.07) is 0. The summed E-state index contributed by atoms with van der Waals surface area (Å²) in [6.07, 6.45) is 5.26. The van der Waals surface area contributed by atoms with E-state index in [1.807, 2.05) is 6.08 Å². The van der Waals surface area contributed by atoms with Gasteiger partial charge < -0.3 is 14.2 Å². The van der Waals surface area contributed by atoms with Gasteiger partial charge in [0.1, 0.15) is 0 Å². The van der Waals surface area contributed by atoms with Gasteiger partial charge in [-0.05, 0) is 24.4 Å². The highest BCUT2D eigenvalue weighted by atomic mass is 35.5. The number of rotatable bonds is 12. The monoisotopic (exact) mass is 371 g/mol. The van der Waals surface area contributed by atoms with Crippen molar-refractivity contribution in [2.45, 2.75) is 19.3 Å². The molecule has 1 aliphatic carbocycles. The van der Waals surface area contributed by atoms with Crippen LogP contribution in [0.4, 0.5) is 0 Å². The fraction of sp³-hybridized carbons (Fsp3) is 0.588. The molecule has 0 bridgehead atoms. The summed E-state index contributed by atoms with van der Waals surface area (Å²) in [5.41, 5.74) is 1.14. The van der Waals surface area contributed by atoms with Gasteiger partial charge in [-0.15, -0.1) is 0 Å². The van der Waals surface area contributed by atoms with Gasteiger partial charge in [-0.25, -0.2) is 0 Å². The highest BCUT2D eigenvalue weighted by molar-refractivity contribution is 6.63. The van der Waals surface area contributed by atoms with E-state index < -0.39 is 5.24 Å². The Morgan fingerprint density at radius 2 is 1.64 bits per heavy atom. The minimum absolute atomic E-state index is 0.187. The molecule has 0 aromatic rings. The Kier molecular flexibility index (Phi) is 8.27. The smallest absolute Gasteiger partial charge is 0.261 e. The number of hydrogen-bond donors (Lipinski definition) is 0. The average Bonchev–Trinajstić information content (AvgIpc) is 2.84. The van der Waals surface area contributed by atoms with Gasteiger partial charge in [0.05, 0.1) is 46.2 Å².